The Morgan fingerprint density at radius 2 is 1.76 bits per heavy atom. The highest BCUT2D eigenvalue weighted by molar-refractivity contribution is 9.10. The monoisotopic (exact) mass is 637 g/mol. The van der Waals surface area contributed by atoms with Gasteiger partial charge < -0.3 is 9.47 Å². The Kier molecular flexibility index (Phi) is 7.57. The lowest BCUT2D eigenvalue weighted by molar-refractivity contribution is -0.177. The van der Waals surface area contributed by atoms with Gasteiger partial charge in [-0.25, -0.2) is 13.1 Å². The molecule has 38 heavy (non-hydrogen) atoms. The van der Waals surface area contributed by atoms with Crippen LogP contribution in [0.4, 0.5) is 0 Å². The molecular weight excluding hydrogens is 613 g/mol. The Morgan fingerprint density at radius 1 is 1.05 bits per heavy atom. The van der Waals surface area contributed by atoms with Crippen LogP contribution in [0.2, 0.25) is 10.0 Å². The van der Waals surface area contributed by atoms with Gasteiger partial charge in [0.2, 0.25) is 5.91 Å². The summed E-state index contributed by atoms with van der Waals surface area (Å²) in [5.74, 6) is -0.923. The Labute approximate surface area is 240 Å². The maximum Gasteiger partial charge on any atom is 0.264 e. The molecule has 2 heterocycles. The lowest BCUT2D eigenvalue weighted by Crippen LogP contribution is -2.54. The normalized spacial score (nSPS) is 24.0. The van der Waals surface area contributed by atoms with E-state index in [1.54, 1.807) is 24.3 Å². The molecule has 10 heteroatoms. The number of carbonyl (C=O) groups excluding carboxylic acids is 1. The molecule has 3 aromatic carbocycles. The third-order valence-electron chi connectivity index (χ3n) is 7.21. The molecule has 4 atom stereocenters. The summed E-state index contributed by atoms with van der Waals surface area (Å²) in [4.78, 5) is 13.6. The van der Waals surface area contributed by atoms with Crippen LogP contribution in [0.3, 0.4) is 0 Å². The molecule has 2 aliphatic heterocycles. The predicted octanol–water partition coefficient (Wildman–Crippen LogP) is 6.74. The summed E-state index contributed by atoms with van der Waals surface area (Å²) in [6.45, 7) is 3.91. The van der Waals surface area contributed by atoms with Crippen LogP contribution in [0.15, 0.2) is 76.1 Å². The lowest BCUT2D eigenvalue weighted by Gasteiger charge is -2.50. The van der Waals surface area contributed by atoms with Gasteiger partial charge in [-0.05, 0) is 86.8 Å². The number of rotatable bonds is 5. The Balaban J connectivity index is 1.50. The van der Waals surface area contributed by atoms with E-state index >= 15 is 0 Å². The third-order valence-corrected chi connectivity index (χ3v) is 9.57. The number of amides is 1. The van der Waals surface area contributed by atoms with Gasteiger partial charge in [-0.2, -0.15) is 0 Å². The zero-order valence-electron chi connectivity index (χ0n) is 20.7. The van der Waals surface area contributed by atoms with Crippen LogP contribution in [0.25, 0.3) is 0 Å². The number of sulfonamides is 1. The van der Waals surface area contributed by atoms with Crippen molar-refractivity contribution in [2.24, 2.45) is 11.8 Å². The molecular formula is C28H26BrCl2NO5S. The van der Waals surface area contributed by atoms with E-state index in [2.05, 4.69) is 20.7 Å². The molecule has 6 nitrogen and oxygen atoms in total. The number of benzene rings is 3. The van der Waals surface area contributed by atoms with Crippen molar-refractivity contribution in [2.45, 2.75) is 49.4 Å². The van der Waals surface area contributed by atoms with E-state index in [0.29, 0.717) is 28.6 Å². The zero-order chi connectivity index (χ0) is 27.2. The number of fused-ring (bicyclic) bond motifs is 3. The third kappa shape index (κ3) is 5.61. The maximum absolute atomic E-state index is 13.6. The first-order chi connectivity index (χ1) is 17.9. The Hall–Kier alpha value is -2.10. The SMILES string of the molecule is CC1(C)Oc2ccc(Cl)cc2[C@H]2O[C@@H](Cc3cccc(Cl)c3)[C@@H](C(=O)NS(=O)(=O)c3ccc(Br)cc3)C[C@@H]21. The van der Waals surface area contributed by atoms with Crippen molar-refractivity contribution in [3.63, 3.8) is 0 Å². The summed E-state index contributed by atoms with van der Waals surface area (Å²) < 4.78 is 42.2. The minimum absolute atomic E-state index is 0.0000515. The van der Waals surface area contributed by atoms with Gasteiger partial charge in [0.25, 0.3) is 10.0 Å². The zero-order valence-corrected chi connectivity index (χ0v) is 24.6. The number of carbonyl (C=O) groups is 1. The number of halogens is 3. The van der Waals surface area contributed by atoms with E-state index in [1.165, 1.54) is 12.1 Å². The van der Waals surface area contributed by atoms with Gasteiger partial charge in [-0.1, -0.05) is 51.3 Å². The summed E-state index contributed by atoms with van der Waals surface area (Å²) in [5.41, 5.74) is 1.03. The fraction of sp³-hybridized carbons (Fsp3) is 0.321. The van der Waals surface area contributed by atoms with Crippen LogP contribution in [0.1, 0.15) is 37.5 Å². The highest BCUT2D eigenvalue weighted by Crippen LogP contribution is 2.52. The van der Waals surface area contributed by atoms with Crippen molar-refractivity contribution in [3.05, 3.63) is 92.4 Å². The van der Waals surface area contributed by atoms with E-state index in [9.17, 15) is 13.2 Å². The van der Waals surface area contributed by atoms with Crippen molar-refractivity contribution < 1.29 is 22.7 Å². The van der Waals surface area contributed by atoms with Gasteiger partial charge in [0.05, 0.1) is 23.0 Å². The first-order valence-electron chi connectivity index (χ1n) is 12.1. The van der Waals surface area contributed by atoms with Gasteiger partial charge in [0.15, 0.2) is 0 Å². The molecule has 5 rings (SSSR count). The van der Waals surface area contributed by atoms with Gasteiger partial charge in [-0.3, -0.25) is 4.79 Å². The largest absolute Gasteiger partial charge is 0.487 e. The number of hydrogen-bond acceptors (Lipinski definition) is 5. The number of ether oxygens (including phenoxy) is 2. The van der Waals surface area contributed by atoms with E-state index in [1.807, 2.05) is 44.2 Å². The van der Waals surface area contributed by atoms with Crippen molar-refractivity contribution >= 4 is 55.1 Å². The van der Waals surface area contributed by atoms with Crippen molar-refractivity contribution in [1.29, 1.82) is 0 Å². The van der Waals surface area contributed by atoms with Crippen molar-refractivity contribution in [3.8, 4) is 5.75 Å². The second kappa shape index (κ2) is 10.5. The average molecular weight is 639 g/mol. The standard InChI is InChI=1S/C28H26BrCl2NO5S/c1-28(2)23-15-22(27(33)32-38(34,35)20-9-6-17(29)7-10-20)25(13-16-4-3-5-18(30)12-16)36-26(23)21-14-19(31)8-11-24(21)37-28/h3-12,14,22-23,25-26H,13,15H2,1-2H3,(H,32,33)/t22-,23-,25-,26+/m0/s1. The van der Waals surface area contributed by atoms with E-state index < -0.39 is 33.6 Å². The molecule has 0 saturated carbocycles. The van der Waals surface area contributed by atoms with E-state index in [0.717, 1.165) is 15.6 Å². The molecule has 1 amide bonds. The van der Waals surface area contributed by atoms with Gasteiger partial charge in [0, 0.05) is 26.0 Å². The summed E-state index contributed by atoms with van der Waals surface area (Å²) >= 11 is 15.8. The van der Waals surface area contributed by atoms with Crippen molar-refractivity contribution in [2.75, 3.05) is 0 Å². The Morgan fingerprint density at radius 3 is 2.47 bits per heavy atom. The number of hydrogen-bond donors (Lipinski definition) is 1. The molecule has 1 N–H and O–H groups in total. The van der Waals surface area contributed by atoms with E-state index in [-0.39, 0.29) is 16.9 Å². The molecule has 1 fully saturated rings. The topological polar surface area (TPSA) is 81.7 Å². The molecule has 0 radical (unpaired) electrons. The minimum Gasteiger partial charge on any atom is -0.487 e. The summed E-state index contributed by atoms with van der Waals surface area (Å²) in [5, 5.41) is 1.13. The van der Waals surface area contributed by atoms with Crippen LogP contribution in [-0.2, 0) is 26.0 Å². The van der Waals surface area contributed by atoms with Crippen LogP contribution in [-0.4, -0.2) is 26.0 Å². The molecule has 3 aromatic rings. The smallest absolute Gasteiger partial charge is 0.264 e. The average Bonchev–Trinajstić information content (AvgIpc) is 2.84. The van der Waals surface area contributed by atoms with Gasteiger partial charge >= 0.3 is 0 Å². The second-order valence-corrected chi connectivity index (χ2v) is 13.7. The quantitative estimate of drug-likeness (QED) is 0.335. The molecule has 0 bridgehead atoms. The van der Waals surface area contributed by atoms with Crippen molar-refractivity contribution in [1.82, 2.24) is 4.72 Å². The summed E-state index contributed by atoms with van der Waals surface area (Å²) in [6, 6.07) is 18.9. The first kappa shape index (κ1) is 27.5. The molecule has 0 spiro atoms. The molecule has 2 aliphatic rings. The van der Waals surface area contributed by atoms with Crippen LogP contribution in [0, 0.1) is 11.8 Å². The fourth-order valence-corrected chi connectivity index (χ4v) is 6.99. The fourth-order valence-electron chi connectivity index (χ4n) is 5.30. The van der Waals surface area contributed by atoms with Crippen LogP contribution >= 0.6 is 39.1 Å². The highest BCUT2D eigenvalue weighted by Gasteiger charge is 2.52. The molecule has 0 aliphatic carbocycles. The molecule has 1 saturated heterocycles. The lowest BCUT2D eigenvalue weighted by atomic mass is 9.71. The summed E-state index contributed by atoms with van der Waals surface area (Å²) in [7, 11) is -4.09. The molecule has 200 valence electrons. The summed E-state index contributed by atoms with van der Waals surface area (Å²) in [6.07, 6.45) is -0.271. The maximum atomic E-state index is 13.6. The van der Waals surface area contributed by atoms with E-state index in [4.69, 9.17) is 32.7 Å². The highest BCUT2D eigenvalue weighted by atomic mass is 79.9. The molecule has 0 unspecified atom stereocenters. The van der Waals surface area contributed by atoms with Gasteiger partial charge in [0.1, 0.15) is 11.4 Å². The second-order valence-electron chi connectivity index (χ2n) is 10.2. The first-order valence-corrected chi connectivity index (χ1v) is 15.2. The molecule has 0 aromatic heterocycles. The Bertz CT molecular complexity index is 1480. The minimum atomic E-state index is -4.09. The predicted molar refractivity (Wildman–Crippen MR) is 150 cm³/mol. The van der Waals surface area contributed by atoms with Crippen LogP contribution < -0.4 is 9.46 Å². The van der Waals surface area contributed by atoms with Gasteiger partial charge in [-0.15, -0.1) is 0 Å². The van der Waals surface area contributed by atoms with Crippen LogP contribution in [0.5, 0.6) is 5.75 Å². The number of nitrogens with one attached hydrogen (secondary N) is 1.